The highest BCUT2D eigenvalue weighted by Gasteiger charge is 2.62. The topological polar surface area (TPSA) is 42.2 Å². The van der Waals surface area contributed by atoms with E-state index in [9.17, 15) is 0 Å². The Balaban J connectivity index is 2.50. The summed E-state index contributed by atoms with van der Waals surface area (Å²) >= 11 is 1.90. The van der Waals surface area contributed by atoms with E-state index in [1.54, 1.807) is 0 Å². The van der Waals surface area contributed by atoms with Crippen molar-refractivity contribution in [3.63, 3.8) is 0 Å². The van der Waals surface area contributed by atoms with Crippen LogP contribution in [-0.2, 0) is 9.16 Å². The van der Waals surface area contributed by atoms with Gasteiger partial charge >= 0.3 is 0 Å². The molecule has 1 saturated heterocycles. The molecule has 1 aliphatic heterocycles. The SMILES string of the molecule is CC[C@H]1O[C@H](c2ccc(C#N)cc2)[C@]1(O[Si](C)(C)C(C)(C)C)SC(C)(C)C. The monoisotopic (exact) mass is 405 g/mol. The van der Waals surface area contributed by atoms with Crippen LogP contribution in [0.4, 0.5) is 0 Å². The van der Waals surface area contributed by atoms with Crippen molar-refractivity contribution < 1.29 is 9.16 Å². The lowest BCUT2D eigenvalue weighted by atomic mass is 9.91. The highest BCUT2D eigenvalue weighted by Crippen LogP contribution is 2.60. The first-order chi connectivity index (χ1) is 12.3. The van der Waals surface area contributed by atoms with Crippen LogP contribution >= 0.6 is 11.8 Å². The first kappa shape index (κ1) is 22.5. The zero-order valence-corrected chi connectivity index (χ0v) is 20.2. The molecule has 0 bridgehead atoms. The summed E-state index contributed by atoms with van der Waals surface area (Å²) in [6.45, 7) is 20.4. The van der Waals surface area contributed by atoms with Crippen LogP contribution in [0.25, 0.3) is 0 Å². The van der Waals surface area contributed by atoms with Crippen molar-refractivity contribution in [1.82, 2.24) is 0 Å². The van der Waals surface area contributed by atoms with E-state index in [0.29, 0.717) is 5.56 Å². The first-order valence-corrected chi connectivity index (χ1v) is 13.5. The van der Waals surface area contributed by atoms with Crippen molar-refractivity contribution in [3.05, 3.63) is 35.4 Å². The lowest BCUT2D eigenvalue weighted by Gasteiger charge is -2.60. The molecule has 3 atom stereocenters. The molecule has 1 heterocycles. The van der Waals surface area contributed by atoms with Gasteiger partial charge in [0.25, 0.3) is 0 Å². The summed E-state index contributed by atoms with van der Waals surface area (Å²) in [7, 11) is -2.01. The summed E-state index contributed by atoms with van der Waals surface area (Å²) in [5.74, 6) is 0. The number of nitrogens with zero attached hydrogens (tertiary/aromatic N) is 1. The lowest BCUT2D eigenvalue weighted by molar-refractivity contribution is -0.240. The maximum absolute atomic E-state index is 9.11. The second kappa shape index (κ2) is 7.55. The van der Waals surface area contributed by atoms with Crippen molar-refractivity contribution in [2.45, 2.75) is 94.9 Å². The average Bonchev–Trinajstić information content (AvgIpc) is 2.51. The minimum Gasteiger partial charge on any atom is -0.398 e. The van der Waals surface area contributed by atoms with Crippen molar-refractivity contribution >= 4 is 20.1 Å². The Hall–Kier alpha value is -0.803. The number of thioether (sulfide) groups is 1. The van der Waals surface area contributed by atoms with E-state index in [2.05, 4.69) is 67.6 Å². The lowest BCUT2D eigenvalue weighted by Crippen LogP contribution is -2.65. The molecule has 0 aliphatic carbocycles. The highest BCUT2D eigenvalue weighted by molar-refractivity contribution is 8.02. The largest absolute Gasteiger partial charge is 0.398 e. The molecular formula is C22H35NO2SSi. The molecule has 0 unspecified atom stereocenters. The van der Waals surface area contributed by atoms with Gasteiger partial charge in [-0.3, -0.25) is 0 Å². The Morgan fingerprint density at radius 2 is 1.70 bits per heavy atom. The van der Waals surface area contributed by atoms with E-state index in [1.165, 1.54) is 0 Å². The van der Waals surface area contributed by atoms with E-state index >= 15 is 0 Å². The van der Waals surface area contributed by atoms with Crippen LogP contribution in [0, 0.1) is 11.3 Å². The van der Waals surface area contributed by atoms with Gasteiger partial charge in [-0.1, -0.05) is 60.6 Å². The highest BCUT2D eigenvalue weighted by atomic mass is 32.2. The number of nitriles is 1. The molecule has 1 aromatic carbocycles. The molecule has 1 fully saturated rings. The smallest absolute Gasteiger partial charge is 0.194 e. The molecule has 150 valence electrons. The predicted octanol–water partition coefficient (Wildman–Crippen LogP) is 6.66. The van der Waals surface area contributed by atoms with Crippen LogP contribution < -0.4 is 0 Å². The third kappa shape index (κ3) is 4.62. The predicted molar refractivity (Wildman–Crippen MR) is 117 cm³/mol. The second-order valence-electron chi connectivity index (χ2n) is 9.95. The van der Waals surface area contributed by atoms with E-state index < -0.39 is 13.3 Å². The molecule has 0 spiro atoms. The Labute approximate surface area is 171 Å². The minimum absolute atomic E-state index is 0.0460. The first-order valence-electron chi connectivity index (χ1n) is 9.81. The molecule has 0 radical (unpaired) electrons. The molecule has 1 aromatic rings. The van der Waals surface area contributed by atoms with Crippen molar-refractivity contribution in [3.8, 4) is 6.07 Å². The number of hydrogen-bond acceptors (Lipinski definition) is 4. The van der Waals surface area contributed by atoms with Gasteiger partial charge in [-0.05, 0) is 42.2 Å². The van der Waals surface area contributed by atoms with Crippen molar-refractivity contribution in [2.75, 3.05) is 0 Å². The quantitative estimate of drug-likeness (QED) is 0.406. The van der Waals surface area contributed by atoms with Gasteiger partial charge in [0, 0.05) is 4.75 Å². The van der Waals surface area contributed by atoms with Gasteiger partial charge in [0.1, 0.15) is 6.10 Å². The van der Waals surface area contributed by atoms with Gasteiger partial charge in [-0.2, -0.15) is 5.26 Å². The average molecular weight is 406 g/mol. The summed E-state index contributed by atoms with van der Waals surface area (Å²) < 4.78 is 13.5. The fourth-order valence-corrected chi connectivity index (χ4v) is 6.91. The fraction of sp³-hybridized carbons (Fsp3) is 0.682. The molecule has 3 nitrogen and oxygen atoms in total. The minimum atomic E-state index is -2.01. The summed E-state index contributed by atoms with van der Waals surface area (Å²) in [6, 6.07) is 9.97. The molecule has 0 N–H and O–H groups in total. The zero-order valence-electron chi connectivity index (χ0n) is 18.3. The van der Waals surface area contributed by atoms with E-state index in [4.69, 9.17) is 14.4 Å². The maximum Gasteiger partial charge on any atom is 0.194 e. The molecule has 0 amide bonds. The zero-order chi connectivity index (χ0) is 20.7. The van der Waals surface area contributed by atoms with Gasteiger partial charge in [0.2, 0.25) is 0 Å². The van der Waals surface area contributed by atoms with Gasteiger partial charge < -0.3 is 9.16 Å². The van der Waals surface area contributed by atoms with Crippen LogP contribution in [0.15, 0.2) is 24.3 Å². The molecular weight excluding hydrogens is 370 g/mol. The van der Waals surface area contributed by atoms with Crippen LogP contribution in [-0.4, -0.2) is 24.1 Å². The second-order valence-corrected chi connectivity index (χ2v) is 16.7. The third-order valence-corrected chi connectivity index (χ3v) is 11.6. The van der Waals surface area contributed by atoms with Crippen LogP contribution in [0.3, 0.4) is 0 Å². The molecule has 2 rings (SSSR count). The van der Waals surface area contributed by atoms with Crippen LogP contribution in [0.5, 0.6) is 0 Å². The van der Waals surface area contributed by atoms with Gasteiger partial charge in [-0.25, -0.2) is 0 Å². The molecule has 27 heavy (non-hydrogen) atoms. The number of benzene rings is 1. The molecule has 0 aromatic heterocycles. The normalized spacial score (nSPS) is 26.4. The van der Waals surface area contributed by atoms with E-state index in [-0.39, 0.29) is 22.0 Å². The van der Waals surface area contributed by atoms with E-state index in [1.807, 2.05) is 36.0 Å². The standard InChI is InChI=1S/C22H35NO2SSi/c1-10-18-22(26-20(2,3)4,25-27(8,9)21(5,6)7)19(24-18)17-13-11-16(15-23)12-14-17/h11-14,18-19H,10H2,1-9H3/t18-,19-,22-/m1/s1. The Morgan fingerprint density at radius 3 is 2.11 bits per heavy atom. The van der Waals surface area contributed by atoms with Gasteiger partial charge in [0.05, 0.1) is 17.7 Å². The molecule has 0 saturated carbocycles. The number of hydrogen-bond donors (Lipinski definition) is 0. The molecule has 5 heteroatoms. The Morgan fingerprint density at radius 1 is 1.15 bits per heavy atom. The van der Waals surface area contributed by atoms with E-state index in [0.717, 1.165) is 12.0 Å². The number of rotatable bonds is 5. The molecule has 1 aliphatic rings. The van der Waals surface area contributed by atoms with Crippen LogP contribution in [0.1, 0.15) is 72.1 Å². The summed E-state index contributed by atoms with van der Waals surface area (Å²) in [6.07, 6.45) is 0.870. The van der Waals surface area contributed by atoms with Crippen LogP contribution in [0.2, 0.25) is 18.1 Å². The summed E-state index contributed by atoms with van der Waals surface area (Å²) in [5.41, 5.74) is 1.76. The van der Waals surface area contributed by atoms with Gasteiger partial charge in [0.15, 0.2) is 13.3 Å². The third-order valence-electron chi connectivity index (χ3n) is 5.51. The Kier molecular flexibility index (Phi) is 6.29. The number of ether oxygens (including phenoxy) is 1. The van der Waals surface area contributed by atoms with Gasteiger partial charge in [-0.15, -0.1) is 11.8 Å². The van der Waals surface area contributed by atoms with Crippen molar-refractivity contribution in [2.24, 2.45) is 0 Å². The maximum atomic E-state index is 9.11. The van der Waals surface area contributed by atoms with Crippen molar-refractivity contribution in [1.29, 1.82) is 5.26 Å². The summed E-state index contributed by atoms with van der Waals surface area (Å²) in [4.78, 5) is -0.399. The fourth-order valence-electron chi connectivity index (χ4n) is 3.16. The Bertz CT molecular complexity index is 697. The summed E-state index contributed by atoms with van der Waals surface area (Å²) in [5, 5.41) is 9.24.